The Labute approximate surface area is 240 Å². The van der Waals surface area contributed by atoms with Crippen LogP contribution < -0.4 is 10.1 Å². The standard InChI is InChI=1S/C30H39N5O4S/c1-22(2)18-35(29(38)24-11-13-26(39-5)14-12-24)20-27(36)32-30-31-25(21-40-30)17-28(37)34(16-15-33(3)4)19-23-9-7-6-8-10-23/h6-14,21-22H,15-20H2,1-5H3,(H,31,32,36). The first kappa shape index (κ1) is 30.8. The maximum absolute atomic E-state index is 13.2. The number of rotatable bonds is 14. The Morgan fingerprint density at radius 2 is 1.68 bits per heavy atom. The van der Waals surface area contributed by atoms with Gasteiger partial charge >= 0.3 is 0 Å². The topological polar surface area (TPSA) is 95.1 Å². The average Bonchev–Trinajstić information content (AvgIpc) is 3.36. The third-order valence-corrected chi connectivity index (χ3v) is 6.87. The number of nitrogens with zero attached hydrogens (tertiary/aromatic N) is 4. The van der Waals surface area contributed by atoms with Gasteiger partial charge in [0.2, 0.25) is 11.8 Å². The molecule has 0 saturated carbocycles. The molecular weight excluding hydrogens is 526 g/mol. The lowest BCUT2D eigenvalue weighted by Gasteiger charge is -2.24. The molecule has 0 saturated heterocycles. The summed E-state index contributed by atoms with van der Waals surface area (Å²) < 4.78 is 5.17. The number of aromatic nitrogens is 1. The number of amides is 3. The maximum Gasteiger partial charge on any atom is 0.254 e. The fraction of sp³-hybridized carbons (Fsp3) is 0.400. The Morgan fingerprint density at radius 3 is 2.30 bits per heavy atom. The second-order valence-electron chi connectivity index (χ2n) is 10.3. The monoisotopic (exact) mass is 565 g/mol. The van der Waals surface area contributed by atoms with Crippen LogP contribution in [0, 0.1) is 5.92 Å². The van der Waals surface area contributed by atoms with E-state index in [1.165, 1.54) is 16.2 Å². The third kappa shape index (κ3) is 9.77. The molecule has 1 heterocycles. The molecule has 0 radical (unpaired) electrons. The summed E-state index contributed by atoms with van der Waals surface area (Å²) in [6, 6.07) is 16.7. The van der Waals surface area contributed by atoms with Gasteiger partial charge in [-0.15, -0.1) is 11.3 Å². The highest BCUT2D eigenvalue weighted by atomic mass is 32.1. The lowest BCUT2D eigenvalue weighted by Crippen LogP contribution is -2.40. The second-order valence-corrected chi connectivity index (χ2v) is 11.1. The van der Waals surface area contributed by atoms with Crippen molar-refractivity contribution in [2.24, 2.45) is 5.92 Å². The number of ether oxygens (including phenoxy) is 1. The van der Waals surface area contributed by atoms with Crippen LogP contribution in [0.2, 0.25) is 0 Å². The molecule has 3 amide bonds. The molecule has 0 aliphatic rings. The smallest absolute Gasteiger partial charge is 0.254 e. The molecule has 10 heteroatoms. The van der Waals surface area contributed by atoms with E-state index in [2.05, 4.69) is 10.3 Å². The molecule has 2 aromatic carbocycles. The van der Waals surface area contributed by atoms with Crippen LogP contribution >= 0.6 is 11.3 Å². The number of anilines is 1. The predicted molar refractivity (Wildman–Crippen MR) is 159 cm³/mol. The molecule has 3 aromatic rings. The lowest BCUT2D eigenvalue weighted by atomic mass is 10.1. The summed E-state index contributed by atoms with van der Waals surface area (Å²) in [5, 5.41) is 4.98. The normalized spacial score (nSPS) is 11.0. The van der Waals surface area contributed by atoms with Gasteiger partial charge in [-0.25, -0.2) is 4.98 Å². The number of carbonyl (C=O) groups is 3. The van der Waals surface area contributed by atoms with Crippen molar-refractivity contribution in [3.05, 3.63) is 76.8 Å². The van der Waals surface area contributed by atoms with E-state index in [0.29, 0.717) is 41.8 Å². The summed E-state index contributed by atoms with van der Waals surface area (Å²) in [5.74, 6) is 0.240. The average molecular weight is 566 g/mol. The first-order valence-electron chi connectivity index (χ1n) is 13.3. The number of thiazole rings is 1. The molecule has 214 valence electrons. The van der Waals surface area contributed by atoms with Crippen LogP contribution in [0.25, 0.3) is 0 Å². The summed E-state index contributed by atoms with van der Waals surface area (Å²) in [4.78, 5) is 49.1. The van der Waals surface area contributed by atoms with Gasteiger partial charge in [0.15, 0.2) is 5.13 Å². The molecule has 0 aliphatic heterocycles. The van der Waals surface area contributed by atoms with Crippen LogP contribution in [0.15, 0.2) is 60.0 Å². The van der Waals surface area contributed by atoms with Crippen molar-refractivity contribution in [3.8, 4) is 5.75 Å². The second kappa shape index (κ2) is 15.1. The van der Waals surface area contributed by atoms with Gasteiger partial charge in [-0.3, -0.25) is 14.4 Å². The number of carbonyl (C=O) groups excluding carboxylic acids is 3. The molecule has 1 N–H and O–H groups in total. The van der Waals surface area contributed by atoms with Gasteiger partial charge in [-0.1, -0.05) is 44.2 Å². The fourth-order valence-corrected chi connectivity index (χ4v) is 4.76. The summed E-state index contributed by atoms with van der Waals surface area (Å²) in [7, 11) is 5.53. The van der Waals surface area contributed by atoms with Crippen molar-refractivity contribution in [1.29, 1.82) is 0 Å². The minimum absolute atomic E-state index is 0.0259. The molecule has 0 unspecified atom stereocenters. The highest BCUT2D eigenvalue weighted by Crippen LogP contribution is 2.18. The van der Waals surface area contributed by atoms with E-state index in [-0.39, 0.29) is 36.6 Å². The minimum Gasteiger partial charge on any atom is -0.497 e. The summed E-state index contributed by atoms with van der Waals surface area (Å²) >= 11 is 1.26. The number of hydrogen-bond donors (Lipinski definition) is 1. The van der Waals surface area contributed by atoms with Crippen LogP contribution in [0.1, 0.15) is 35.5 Å². The largest absolute Gasteiger partial charge is 0.497 e. The molecule has 0 fully saturated rings. The van der Waals surface area contributed by atoms with Crippen molar-refractivity contribution in [2.75, 3.05) is 52.7 Å². The first-order chi connectivity index (χ1) is 19.1. The predicted octanol–water partition coefficient (Wildman–Crippen LogP) is 4.02. The molecule has 3 rings (SSSR count). The van der Waals surface area contributed by atoms with E-state index in [1.807, 2.05) is 68.1 Å². The molecule has 0 bridgehead atoms. The van der Waals surface area contributed by atoms with Gasteiger partial charge in [-0.05, 0) is 49.8 Å². The van der Waals surface area contributed by atoms with Crippen molar-refractivity contribution < 1.29 is 19.1 Å². The van der Waals surface area contributed by atoms with Gasteiger partial charge < -0.3 is 24.8 Å². The third-order valence-electron chi connectivity index (χ3n) is 6.06. The molecule has 1 aromatic heterocycles. The maximum atomic E-state index is 13.2. The molecule has 0 aliphatic carbocycles. The summed E-state index contributed by atoms with van der Waals surface area (Å²) in [6.07, 6.45) is 0.141. The van der Waals surface area contributed by atoms with Gasteiger partial charge in [0.1, 0.15) is 12.3 Å². The molecular formula is C30H39N5O4S. The van der Waals surface area contributed by atoms with Crippen LogP contribution in [0.4, 0.5) is 5.13 Å². The van der Waals surface area contributed by atoms with Crippen LogP contribution in [0.5, 0.6) is 5.75 Å². The lowest BCUT2D eigenvalue weighted by molar-refractivity contribution is -0.131. The molecule has 0 spiro atoms. The van der Waals surface area contributed by atoms with Gasteiger partial charge in [0, 0.05) is 37.1 Å². The fourth-order valence-electron chi connectivity index (χ4n) is 4.04. The minimum atomic E-state index is -0.341. The Balaban J connectivity index is 1.61. The van der Waals surface area contributed by atoms with Gasteiger partial charge in [0.05, 0.1) is 19.2 Å². The van der Waals surface area contributed by atoms with Crippen LogP contribution in [-0.4, -0.2) is 84.8 Å². The number of nitrogens with one attached hydrogen (secondary N) is 1. The Hall–Kier alpha value is -3.76. The zero-order valence-electron chi connectivity index (χ0n) is 23.9. The first-order valence-corrected chi connectivity index (χ1v) is 14.2. The van der Waals surface area contributed by atoms with E-state index >= 15 is 0 Å². The Kier molecular flexibility index (Phi) is 11.6. The van der Waals surface area contributed by atoms with E-state index in [0.717, 1.165) is 12.1 Å². The quantitative estimate of drug-likeness (QED) is 0.317. The number of likely N-dealkylation sites (N-methyl/N-ethyl adjacent to an activating group) is 1. The van der Waals surface area contributed by atoms with Gasteiger partial charge in [0.25, 0.3) is 5.91 Å². The zero-order valence-corrected chi connectivity index (χ0v) is 24.7. The van der Waals surface area contributed by atoms with Crippen molar-refractivity contribution in [3.63, 3.8) is 0 Å². The zero-order chi connectivity index (χ0) is 29.1. The summed E-state index contributed by atoms with van der Waals surface area (Å²) in [6.45, 7) is 6.19. The number of hydrogen-bond acceptors (Lipinski definition) is 7. The van der Waals surface area contributed by atoms with Crippen LogP contribution in [0.3, 0.4) is 0 Å². The molecule has 0 atom stereocenters. The SMILES string of the molecule is COc1ccc(C(=O)N(CC(=O)Nc2nc(CC(=O)N(CCN(C)C)Cc3ccccc3)cs2)CC(C)C)cc1. The Morgan fingerprint density at radius 1 is 0.975 bits per heavy atom. The molecule has 40 heavy (non-hydrogen) atoms. The molecule has 9 nitrogen and oxygen atoms in total. The Bertz CT molecular complexity index is 1240. The van der Waals surface area contributed by atoms with E-state index < -0.39 is 0 Å². The number of methoxy groups -OCH3 is 1. The highest BCUT2D eigenvalue weighted by Gasteiger charge is 2.21. The van der Waals surface area contributed by atoms with E-state index in [9.17, 15) is 14.4 Å². The van der Waals surface area contributed by atoms with Crippen LogP contribution in [-0.2, 0) is 22.6 Å². The van der Waals surface area contributed by atoms with E-state index in [4.69, 9.17) is 4.74 Å². The highest BCUT2D eigenvalue weighted by molar-refractivity contribution is 7.13. The van der Waals surface area contributed by atoms with Crippen molar-refractivity contribution in [1.82, 2.24) is 19.7 Å². The number of benzene rings is 2. The van der Waals surface area contributed by atoms with E-state index in [1.54, 1.807) is 36.8 Å². The van der Waals surface area contributed by atoms with Crippen molar-refractivity contribution >= 4 is 34.2 Å². The van der Waals surface area contributed by atoms with Crippen molar-refractivity contribution in [2.45, 2.75) is 26.8 Å². The van der Waals surface area contributed by atoms with Gasteiger partial charge in [-0.2, -0.15) is 0 Å². The summed E-state index contributed by atoms with van der Waals surface area (Å²) in [5.41, 5.74) is 2.15.